The second-order valence-electron chi connectivity index (χ2n) is 5.77. The van der Waals surface area contributed by atoms with Crippen molar-refractivity contribution < 1.29 is 9.53 Å². The number of nitrogens with one attached hydrogen (secondary N) is 1. The van der Waals surface area contributed by atoms with Crippen molar-refractivity contribution in [2.45, 2.75) is 38.3 Å². The number of hydrogen-bond donors (Lipinski definition) is 1. The number of likely N-dealkylation sites (tertiary alicyclic amines) is 1. The average Bonchev–Trinajstić information content (AvgIpc) is 3.18. The van der Waals surface area contributed by atoms with Crippen LogP contribution in [0.3, 0.4) is 0 Å². The van der Waals surface area contributed by atoms with E-state index in [4.69, 9.17) is 4.74 Å². The van der Waals surface area contributed by atoms with Gasteiger partial charge in [0, 0.05) is 12.6 Å². The van der Waals surface area contributed by atoms with E-state index in [1.54, 1.807) is 0 Å². The van der Waals surface area contributed by atoms with Gasteiger partial charge >= 0.3 is 0 Å². The number of carbonyl (C=O) groups is 1. The summed E-state index contributed by atoms with van der Waals surface area (Å²) in [6, 6.07) is 8.64. The van der Waals surface area contributed by atoms with E-state index in [2.05, 4.69) is 5.32 Å². The molecule has 1 saturated heterocycles. The molecule has 1 aliphatic carbocycles. The summed E-state index contributed by atoms with van der Waals surface area (Å²) in [5.74, 6) is 1.12. The molecule has 1 aromatic rings. The van der Waals surface area contributed by atoms with Crippen molar-refractivity contribution in [2.24, 2.45) is 0 Å². The van der Waals surface area contributed by atoms with Gasteiger partial charge in [-0.15, -0.1) is 0 Å². The van der Waals surface area contributed by atoms with E-state index in [9.17, 15) is 4.79 Å². The monoisotopic (exact) mass is 274 g/mol. The summed E-state index contributed by atoms with van der Waals surface area (Å²) in [7, 11) is 0. The normalized spacial score (nSPS) is 22.4. The van der Waals surface area contributed by atoms with Crippen molar-refractivity contribution >= 4 is 5.91 Å². The number of hydrogen-bond acceptors (Lipinski definition) is 3. The topological polar surface area (TPSA) is 41.6 Å². The summed E-state index contributed by atoms with van der Waals surface area (Å²) >= 11 is 0. The highest BCUT2D eigenvalue weighted by Crippen LogP contribution is 2.22. The minimum Gasteiger partial charge on any atom is -0.492 e. The molecular formula is C16H22N2O2. The van der Waals surface area contributed by atoms with E-state index >= 15 is 0 Å². The van der Waals surface area contributed by atoms with Gasteiger partial charge in [0.1, 0.15) is 12.4 Å². The van der Waals surface area contributed by atoms with Gasteiger partial charge in [0.05, 0.1) is 12.6 Å². The van der Waals surface area contributed by atoms with Gasteiger partial charge in [0.15, 0.2) is 0 Å². The number of nitrogens with zero attached hydrogens (tertiary/aromatic N) is 1. The highest BCUT2D eigenvalue weighted by Gasteiger charge is 2.35. The molecule has 1 aromatic carbocycles. The van der Waals surface area contributed by atoms with Gasteiger partial charge in [-0.1, -0.05) is 12.1 Å². The first kappa shape index (κ1) is 13.4. The maximum Gasteiger partial charge on any atom is 0.239 e. The largest absolute Gasteiger partial charge is 0.492 e. The minimum absolute atomic E-state index is 0.0430. The molecule has 1 heterocycles. The Kier molecular flexibility index (Phi) is 3.92. The lowest BCUT2D eigenvalue weighted by Crippen LogP contribution is -2.40. The van der Waals surface area contributed by atoms with E-state index in [0.717, 1.165) is 18.7 Å². The van der Waals surface area contributed by atoms with Gasteiger partial charge in [0.25, 0.3) is 0 Å². The molecule has 0 spiro atoms. The van der Waals surface area contributed by atoms with Gasteiger partial charge in [-0.3, -0.25) is 4.79 Å². The predicted octanol–water partition coefficient (Wildman–Crippen LogP) is 1.73. The Hall–Kier alpha value is -1.55. The quantitative estimate of drug-likeness (QED) is 0.859. The summed E-state index contributed by atoms with van der Waals surface area (Å²) < 4.78 is 5.71. The summed E-state index contributed by atoms with van der Waals surface area (Å²) in [4.78, 5) is 14.1. The van der Waals surface area contributed by atoms with Crippen molar-refractivity contribution in [1.82, 2.24) is 10.2 Å². The Morgan fingerprint density at radius 3 is 2.95 bits per heavy atom. The van der Waals surface area contributed by atoms with Gasteiger partial charge < -0.3 is 15.0 Å². The van der Waals surface area contributed by atoms with Gasteiger partial charge in [-0.25, -0.2) is 0 Å². The van der Waals surface area contributed by atoms with E-state index in [1.165, 1.54) is 18.4 Å². The van der Waals surface area contributed by atoms with Crippen LogP contribution in [0, 0.1) is 6.92 Å². The Morgan fingerprint density at radius 1 is 1.35 bits per heavy atom. The van der Waals surface area contributed by atoms with Crippen molar-refractivity contribution in [2.75, 3.05) is 19.7 Å². The third kappa shape index (κ3) is 3.31. The van der Waals surface area contributed by atoms with Crippen molar-refractivity contribution in [3.05, 3.63) is 29.8 Å². The highest BCUT2D eigenvalue weighted by molar-refractivity contribution is 5.84. The summed E-state index contributed by atoms with van der Waals surface area (Å²) in [6.45, 7) is 4.13. The molecule has 1 unspecified atom stereocenters. The summed E-state index contributed by atoms with van der Waals surface area (Å²) in [5, 5.41) is 3.42. The molecule has 0 aromatic heterocycles. The molecule has 1 atom stereocenters. The number of benzene rings is 1. The first-order valence-electron chi connectivity index (χ1n) is 7.47. The van der Waals surface area contributed by atoms with Crippen LogP contribution < -0.4 is 10.1 Å². The number of aryl methyl sites for hydroxylation is 1. The Morgan fingerprint density at radius 2 is 2.20 bits per heavy atom. The summed E-state index contributed by atoms with van der Waals surface area (Å²) in [5.41, 5.74) is 1.19. The molecule has 4 nitrogen and oxygen atoms in total. The molecule has 0 bridgehead atoms. The molecule has 0 radical (unpaired) electrons. The molecule has 1 saturated carbocycles. The second-order valence-corrected chi connectivity index (χ2v) is 5.77. The fraction of sp³-hybridized carbons (Fsp3) is 0.562. The predicted molar refractivity (Wildman–Crippen MR) is 77.8 cm³/mol. The third-order valence-corrected chi connectivity index (χ3v) is 3.93. The minimum atomic E-state index is 0.0430. The zero-order valence-corrected chi connectivity index (χ0v) is 12.0. The van der Waals surface area contributed by atoms with Crippen LogP contribution in [-0.4, -0.2) is 42.6 Å². The Balaban J connectivity index is 1.43. The number of amides is 1. The van der Waals surface area contributed by atoms with Crippen molar-refractivity contribution in [3.63, 3.8) is 0 Å². The van der Waals surface area contributed by atoms with E-state index < -0.39 is 0 Å². The molecular weight excluding hydrogens is 252 g/mol. The fourth-order valence-corrected chi connectivity index (χ4v) is 2.63. The van der Waals surface area contributed by atoms with E-state index in [1.807, 2.05) is 36.1 Å². The second kappa shape index (κ2) is 5.83. The molecule has 20 heavy (non-hydrogen) atoms. The zero-order valence-electron chi connectivity index (χ0n) is 12.0. The molecule has 2 fully saturated rings. The Bertz CT molecular complexity index is 485. The van der Waals surface area contributed by atoms with Crippen LogP contribution in [0.15, 0.2) is 24.3 Å². The first-order chi connectivity index (χ1) is 9.72. The van der Waals surface area contributed by atoms with Crippen molar-refractivity contribution in [1.29, 1.82) is 0 Å². The molecule has 108 valence electrons. The van der Waals surface area contributed by atoms with Crippen LogP contribution in [0.25, 0.3) is 0 Å². The van der Waals surface area contributed by atoms with Crippen LogP contribution >= 0.6 is 0 Å². The van der Waals surface area contributed by atoms with E-state index in [0.29, 0.717) is 19.2 Å². The Labute approximate surface area is 120 Å². The maximum absolute atomic E-state index is 12.2. The fourth-order valence-electron chi connectivity index (χ4n) is 2.63. The average molecular weight is 274 g/mol. The first-order valence-corrected chi connectivity index (χ1v) is 7.47. The number of rotatable bonds is 6. The van der Waals surface area contributed by atoms with Gasteiger partial charge in [-0.2, -0.15) is 0 Å². The van der Waals surface area contributed by atoms with Crippen LogP contribution in [-0.2, 0) is 4.79 Å². The number of carbonyl (C=O) groups excluding carboxylic acids is 1. The van der Waals surface area contributed by atoms with Crippen LogP contribution in [0.5, 0.6) is 5.75 Å². The smallest absolute Gasteiger partial charge is 0.239 e. The lowest BCUT2D eigenvalue weighted by atomic mass is 10.2. The van der Waals surface area contributed by atoms with Crippen molar-refractivity contribution in [3.8, 4) is 5.75 Å². The molecule has 4 heteroatoms. The standard InChI is InChI=1S/C16H22N2O2/c1-12-3-2-4-14(11-12)20-10-9-18-8-7-15(16(18)19)17-13-5-6-13/h2-4,11,13,15,17H,5-10H2,1H3. The highest BCUT2D eigenvalue weighted by atomic mass is 16.5. The van der Waals surface area contributed by atoms with Gasteiger partial charge in [0.2, 0.25) is 5.91 Å². The lowest BCUT2D eigenvalue weighted by Gasteiger charge is -2.17. The van der Waals surface area contributed by atoms with Crippen LogP contribution in [0.4, 0.5) is 0 Å². The zero-order chi connectivity index (χ0) is 13.9. The number of ether oxygens (including phenoxy) is 1. The SMILES string of the molecule is Cc1cccc(OCCN2CCC(NC3CC3)C2=O)c1. The lowest BCUT2D eigenvalue weighted by molar-refractivity contribution is -0.129. The van der Waals surface area contributed by atoms with E-state index in [-0.39, 0.29) is 11.9 Å². The molecule has 2 aliphatic rings. The summed E-state index contributed by atoms with van der Waals surface area (Å²) in [6.07, 6.45) is 3.38. The molecule has 1 aliphatic heterocycles. The molecule has 3 rings (SSSR count). The van der Waals surface area contributed by atoms with Crippen LogP contribution in [0.1, 0.15) is 24.8 Å². The third-order valence-electron chi connectivity index (χ3n) is 3.93. The van der Waals surface area contributed by atoms with Gasteiger partial charge in [-0.05, 0) is 43.9 Å². The molecule has 1 N–H and O–H groups in total. The van der Waals surface area contributed by atoms with Crippen LogP contribution in [0.2, 0.25) is 0 Å². The molecule has 1 amide bonds. The maximum atomic E-state index is 12.2.